The summed E-state index contributed by atoms with van der Waals surface area (Å²) >= 11 is 0.889. The number of sulfonamides is 1. The van der Waals surface area contributed by atoms with E-state index in [9.17, 15) is 22.4 Å². The van der Waals surface area contributed by atoms with Crippen molar-refractivity contribution < 1.29 is 27.1 Å². The first-order chi connectivity index (χ1) is 13.8. The first-order valence-corrected chi connectivity index (χ1v) is 10.8. The molecule has 0 saturated carbocycles. The van der Waals surface area contributed by atoms with Crippen molar-refractivity contribution in [3.63, 3.8) is 0 Å². The molecular formula is C18H16FN3O5S2. The van der Waals surface area contributed by atoms with Gasteiger partial charge in [-0.05, 0) is 49.4 Å². The molecule has 0 unspecified atom stereocenters. The molecule has 3 rings (SSSR count). The number of anilines is 2. The van der Waals surface area contributed by atoms with Crippen molar-refractivity contribution in [2.75, 3.05) is 23.0 Å². The maximum Gasteiger partial charge on any atom is 0.338 e. The van der Waals surface area contributed by atoms with Gasteiger partial charge in [0.15, 0.2) is 5.17 Å². The zero-order valence-electron chi connectivity index (χ0n) is 15.1. The third-order valence-corrected chi connectivity index (χ3v) is 5.99. The molecule has 0 aliphatic carbocycles. The number of halogens is 1. The van der Waals surface area contributed by atoms with Crippen LogP contribution < -0.4 is 10.6 Å². The molecule has 0 bridgehead atoms. The second kappa shape index (κ2) is 8.62. The Labute approximate surface area is 170 Å². The molecule has 29 heavy (non-hydrogen) atoms. The van der Waals surface area contributed by atoms with E-state index in [-0.39, 0.29) is 28.1 Å². The van der Waals surface area contributed by atoms with E-state index in [0.717, 1.165) is 23.9 Å². The van der Waals surface area contributed by atoms with Crippen molar-refractivity contribution in [2.45, 2.75) is 11.8 Å². The lowest BCUT2D eigenvalue weighted by molar-refractivity contribution is -0.113. The second-order valence-electron chi connectivity index (χ2n) is 5.77. The van der Waals surface area contributed by atoms with Crippen LogP contribution >= 0.6 is 11.8 Å². The van der Waals surface area contributed by atoms with Crippen LogP contribution in [0, 0.1) is 5.82 Å². The Hall–Kier alpha value is -2.92. The number of carbonyl (C=O) groups is 2. The van der Waals surface area contributed by atoms with Gasteiger partial charge in [-0.2, -0.15) is 8.42 Å². The summed E-state index contributed by atoms with van der Waals surface area (Å²) in [7, 11) is -4.05. The van der Waals surface area contributed by atoms with Crippen LogP contribution in [0.3, 0.4) is 0 Å². The standard InChI is InChI=1S/C18H16FN3O5S2/c1-2-27-17(24)11-3-6-13(7-4-11)20-16(23)10-28-18-21-14-8-5-12(19)9-15(14)29(25,26)22-18/h3-9H,2,10H2,1H3,(H,20,23)(H,21,22). The molecule has 1 aliphatic heterocycles. The number of hydrogen-bond acceptors (Lipinski definition) is 7. The van der Waals surface area contributed by atoms with E-state index in [2.05, 4.69) is 15.0 Å². The summed E-state index contributed by atoms with van der Waals surface area (Å²) in [5.41, 5.74) is 1.02. The van der Waals surface area contributed by atoms with E-state index in [4.69, 9.17) is 4.74 Å². The number of benzene rings is 2. The molecule has 0 aromatic heterocycles. The summed E-state index contributed by atoms with van der Waals surface area (Å²) in [5, 5.41) is 5.41. The highest BCUT2D eigenvalue weighted by Gasteiger charge is 2.26. The number of carbonyl (C=O) groups excluding carboxylic acids is 2. The molecule has 0 fully saturated rings. The van der Waals surface area contributed by atoms with Crippen molar-refractivity contribution >= 4 is 50.2 Å². The van der Waals surface area contributed by atoms with Crippen LogP contribution in [-0.2, 0) is 19.6 Å². The van der Waals surface area contributed by atoms with E-state index >= 15 is 0 Å². The van der Waals surface area contributed by atoms with Crippen LogP contribution in [0.15, 0.2) is 51.8 Å². The number of amides is 1. The molecule has 8 nitrogen and oxygen atoms in total. The largest absolute Gasteiger partial charge is 0.462 e. The predicted octanol–water partition coefficient (Wildman–Crippen LogP) is 2.84. The molecule has 1 amide bonds. The Morgan fingerprint density at radius 3 is 2.62 bits per heavy atom. The Bertz CT molecular complexity index is 1090. The van der Waals surface area contributed by atoms with Gasteiger partial charge in [-0.15, -0.1) is 4.40 Å². The van der Waals surface area contributed by atoms with E-state index < -0.39 is 27.7 Å². The quantitative estimate of drug-likeness (QED) is 0.692. The first-order valence-electron chi connectivity index (χ1n) is 8.40. The summed E-state index contributed by atoms with van der Waals surface area (Å²) in [5.74, 6) is -1.65. The average molecular weight is 437 g/mol. The molecule has 1 heterocycles. The minimum Gasteiger partial charge on any atom is -0.462 e. The summed E-state index contributed by atoms with van der Waals surface area (Å²) in [4.78, 5) is 23.5. The Morgan fingerprint density at radius 1 is 1.21 bits per heavy atom. The molecule has 1 aliphatic rings. The van der Waals surface area contributed by atoms with Gasteiger partial charge < -0.3 is 15.4 Å². The predicted molar refractivity (Wildman–Crippen MR) is 108 cm³/mol. The topological polar surface area (TPSA) is 114 Å². The fourth-order valence-corrected chi connectivity index (χ4v) is 4.45. The van der Waals surface area contributed by atoms with Gasteiger partial charge in [0.1, 0.15) is 10.7 Å². The van der Waals surface area contributed by atoms with Gasteiger partial charge in [-0.1, -0.05) is 11.8 Å². The van der Waals surface area contributed by atoms with E-state index in [1.165, 1.54) is 18.2 Å². The lowest BCUT2D eigenvalue weighted by Gasteiger charge is -2.17. The number of thioether (sulfide) groups is 1. The Kier molecular flexibility index (Phi) is 6.18. The summed E-state index contributed by atoms with van der Waals surface area (Å²) < 4.78 is 46.0. The number of amidine groups is 1. The zero-order valence-corrected chi connectivity index (χ0v) is 16.8. The minimum absolute atomic E-state index is 0.0110. The van der Waals surface area contributed by atoms with Gasteiger partial charge in [0.2, 0.25) is 5.91 Å². The smallest absolute Gasteiger partial charge is 0.338 e. The molecule has 2 N–H and O–H groups in total. The molecule has 2 aromatic carbocycles. The van der Waals surface area contributed by atoms with Crippen LogP contribution in [0.2, 0.25) is 0 Å². The van der Waals surface area contributed by atoms with Gasteiger partial charge in [0.25, 0.3) is 10.0 Å². The fourth-order valence-electron chi connectivity index (χ4n) is 2.41. The second-order valence-corrected chi connectivity index (χ2v) is 8.31. The van der Waals surface area contributed by atoms with E-state index in [0.29, 0.717) is 11.3 Å². The lowest BCUT2D eigenvalue weighted by atomic mass is 10.2. The highest BCUT2D eigenvalue weighted by atomic mass is 32.2. The maximum atomic E-state index is 13.3. The molecule has 0 atom stereocenters. The van der Waals surface area contributed by atoms with Crippen LogP contribution in [0.1, 0.15) is 17.3 Å². The molecule has 11 heteroatoms. The van der Waals surface area contributed by atoms with Gasteiger partial charge in [-0.25, -0.2) is 9.18 Å². The SMILES string of the molecule is CCOC(=O)c1ccc(NC(=O)CSC2=NS(=O)(=O)c3cc(F)ccc3N2)cc1. The van der Waals surface area contributed by atoms with Crippen molar-refractivity contribution in [1.29, 1.82) is 0 Å². The van der Waals surface area contributed by atoms with Gasteiger partial charge in [0.05, 0.1) is 23.6 Å². The molecule has 152 valence electrons. The number of nitrogens with zero attached hydrogens (tertiary/aromatic N) is 1. The van der Waals surface area contributed by atoms with Crippen LogP contribution in [-0.4, -0.2) is 37.8 Å². The molecule has 0 saturated heterocycles. The fraction of sp³-hybridized carbons (Fsp3) is 0.167. The third kappa shape index (κ3) is 5.12. The van der Waals surface area contributed by atoms with Gasteiger partial charge >= 0.3 is 5.97 Å². The van der Waals surface area contributed by atoms with Crippen molar-refractivity contribution in [2.24, 2.45) is 4.40 Å². The van der Waals surface area contributed by atoms with Crippen LogP contribution in [0.25, 0.3) is 0 Å². The average Bonchev–Trinajstić information content (AvgIpc) is 2.67. The Balaban J connectivity index is 1.59. The van der Waals surface area contributed by atoms with Gasteiger partial charge in [0, 0.05) is 5.69 Å². The van der Waals surface area contributed by atoms with Crippen molar-refractivity contribution in [3.05, 3.63) is 53.8 Å². The number of esters is 1. The minimum atomic E-state index is -4.05. The molecule has 0 radical (unpaired) electrons. The van der Waals surface area contributed by atoms with Crippen molar-refractivity contribution in [1.82, 2.24) is 0 Å². The lowest BCUT2D eigenvalue weighted by Crippen LogP contribution is -2.22. The third-order valence-electron chi connectivity index (χ3n) is 3.69. The monoisotopic (exact) mass is 437 g/mol. The van der Waals surface area contributed by atoms with Crippen LogP contribution in [0.4, 0.5) is 15.8 Å². The normalized spacial score (nSPS) is 14.2. The number of hydrogen-bond donors (Lipinski definition) is 2. The highest BCUT2D eigenvalue weighted by Crippen LogP contribution is 2.30. The number of fused-ring (bicyclic) bond motifs is 1. The van der Waals surface area contributed by atoms with Gasteiger partial charge in [-0.3, -0.25) is 4.79 Å². The maximum absolute atomic E-state index is 13.3. The van der Waals surface area contributed by atoms with Crippen LogP contribution in [0.5, 0.6) is 0 Å². The summed E-state index contributed by atoms with van der Waals surface area (Å²) in [6, 6.07) is 9.47. The number of rotatable bonds is 5. The number of ether oxygens (including phenoxy) is 1. The molecule has 2 aromatic rings. The molecule has 0 spiro atoms. The summed E-state index contributed by atoms with van der Waals surface area (Å²) in [6.07, 6.45) is 0. The van der Waals surface area contributed by atoms with E-state index in [1.807, 2.05) is 0 Å². The first kappa shape index (κ1) is 20.8. The summed E-state index contributed by atoms with van der Waals surface area (Å²) in [6.45, 7) is 1.97. The highest BCUT2D eigenvalue weighted by molar-refractivity contribution is 8.15. The molecular weight excluding hydrogens is 421 g/mol. The van der Waals surface area contributed by atoms with Crippen molar-refractivity contribution in [3.8, 4) is 0 Å². The number of nitrogens with one attached hydrogen (secondary N) is 2. The van der Waals surface area contributed by atoms with E-state index in [1.54, 1.807) is 19.1 Å². The zero-order chi connectivity index (χ0) is 21.0. The Morgan fingerprint density at radius 2 is 1.93 bits per heavy atom.